The van der Waals surface area contributed by atoms with E-state index in [0.29, 0.717) is 18.9 Å². The van der Waals surface area contributed by atoms with Gasteiger partial charge in [-0.2, -0.15) is 0 Å². The fourth-order valence-corrected chi connectivity index (χ4v) is 2.57. The molecule has 0 radical (unpaired) electrons. The lowest BCUT2D eigenvalue weighted by atomic mass is 10.0. The maximum Gasteiger partial charge on any atom is 0.317 e. The number of hydrogen-bond donors (Lipinski definition) is 2. The average Bonchev–Trinajstić information content (AvgIpc) is 2.84. The van der Waals surface area contributed by atoms with E-state index < -0.39 is 5.97 Å². The molecule has 0 aromatic rings. The Bertz CT molecular complexity index is 318. The van der Waals surface area contributed by atoms with E-state index in [1.165, 1.54) is 6.42 Å². The molecule has 0 aromatic carbocycles. The number of carboxylic acids is 1. The molecule has 0 spiro atoms. The number of aliphatic carboxylic acids is 1. The van der Waals surface area contributed by atoms with Crippen LogP contribution in [0.3, 0.4) is 0 Å². The van der Waals surface area contributed by atoms with E-state index >= 15 is 0 Å². The molecular weight excluding hydrogens is 256 g/mol. The molecule has 1 heterocycles. The van der Waals surface area contributed by atoms with Crippen molar-refractivity contribution in [1.29, 1.82) is 0 Å². The first-order chi connectivity index (χ1) is 9.49. The van der Waals surface area contributed by atoms with Crippen LogP contribution in [0.4, 0.5) is 4.79 Å². The molecule has 1 fully saturated rings. The van der Waals surface area contributed by atoms with Gasteiger partial charge >= 0.3 is 12.0 Å². The lowest BCUT2D eigenvalue weighted by Crippen LogP contribution is -2.38. The van der Waals surface area contributed by atoms with Crippen molar-refractivity contribution in [3.05, 3.63) is 0 Å². The van der Waals surface area contributed by atoms with Crippen LogP contribution in [0.5, 0.6) is 0 Å². The number of amides is 2. The fraction of sp³-hybridized carbons (Fsp3) is 0.867. The maximum atomic E-state index is 11.9. The van der Waals surface area contributed by atoms with Crippen molar-refractivity contribution < 1.29 is 14.7 Å². The number of nitrogens with one attached hydrogen (secondary N) is 1. The number of urea groups is 1. The first kappa shape index (κ1) is 16.8. The van der Waals surface area contributed by atoms with Crippen LogP contribution in [-0.4, -0.2) is 41.6 Å². The Morgan fingerprint density at radius 3 is 2.75 bits per heavy atom. The highest BCUT2D eigenvalue weighted by Crippen LogP contribution is 2.20. The molecule has 1 saturated heterocycles. The van der Waals surface area contributed by atoms with Gasteiger partial charge in [-0.15, -0.1) is 0 Å². The van der Waals surface area contributed by atoms with Crippen molar-refractivity contribution in [2.45, 2.75) is 52.4 Å². The second-order valence-electron chi connectivity index (χ2n) is 6.15. The molecule has 116 valence electrons. The average molecular weight is 284 g/mol. The quantitative estimate of drug-likeness (QED) is 0.673. The molecule has 5 nitrogen and oxygen atoms in total. The minimum Gasteiger partial charge on any atom is -0.481 e. The molecule has 1 rings (SSSR count). The Balaban J connectivity index is 2.10. The summed E-state index contributed by atoms with van der Waals surface area (Å²) in [5.41, 5.74) is 0. The summed E-state index contributed by atoms with van der Waals surface area (Å²) in [4.78, 5) is 24.3. The zero-order valence-electron chi connectivity index (χ0n) is 12.7. The van der Waals surface area contributed by atoms with E-state index in [1.54, 1.807) is 0 Å². The molecular formula is C15H28N2O3. The maximum absolute atomic E-state index is 11.9. The van der Waals surface area contributed by atoms with Gasteiger partial charge in [-0.25, -0.2) is 4.79 Å². The molecule has 0 saturated carbocycles. The second kappa shape index (κ2) is 8.82. The summed E-state index contributed by atoms with van der Waals surface area (Å²) in [5.74, 6) is 0.315. The van der Waals surface area contributed by atoms with Crippen LogP contribution in [0.25, 0.3) is 0 Å². The minimum atomic E-state index is -0.752. The van der Waals surface area contributed by atoms with Crippen LogP contribution in [0, 0.1) is 11.8 Å². The summed E-state index contributed by atoms with van der Waals surface area (Å²) in [5, 5.41) is 11.6. The molecule has 2 amide bonds. The zero-order valence-corrected chi connectivity index (χ0v) is 12.7. The van der Waals surface area contributed by atoms with Crippen LogP contribution in [-0.2, 0) is 4.79 Å². The highest BCUT2D eigenvalue weighted by molar-refractivity contribution is 5.74. The minimum absolute atomic E-state index is 0.00683. The summed E-state index contributed by atoms with van der Waals surface area (Å²) < 4.78 is 0. The van der Waals surface area contributed by atoms with Crippen molar-refractivity contribution >= 4 is 12.0 Å². The van der Waals surface area contributed by atoms with Gasteiger partial charge in [0.25, 0.3) is 0 Å². The molecule has 1 aliphatic heterocycles. The smallest absolute Gasteiger partial charge is 0.317 e. The number of likely N-dealkylation sites (tertiary alicyclic amines) is 1. The van der Waals surface area contributed by atoms with Gasteiger partial charge in [-0.1, -0.05) is 26.7 Å². The zero-order chi connectivity index (χ0) is 15.0. The Kier molecular flexibility index (Phi) is 7.41. The normalized spacial score (nSPS) is 18.6. The first-order valence-corrected chi connectivity index (χ1v) is 7.73. The van der Waals surface area contributed by atoms with Crippen LogP contribution in [0.1, 0.15) is 52.4 Å². The molecule has 1 atom stereocenters. The van der Waals surface area contributed by atoms with Gasteiger partial charge < -0.3 is 15.3 Å². The lowest BCUT2D eigenvalue weighted by Gasteiger charge is -2.17. The van der Waals surface area contributed by atoms with E-state index in [9.17, 15) is 9.59 Å². The van der Waals surface area contributed by atoms with Gasteiger partial charge in [0, 0.05) is 26.1 Å². The van der Waals surface area contributed by atoms with Crippen molar-refractivity contribution in [1.82, 2.24) is 10.2 Å². The number of nitrogens with zero attached hydrogens (tertiary/aromatic N) is 1. The number of rotatable bonds is 8. The highest BCUT2D eigenvalue weighted by atomic mass is 16.4. The predicted molar refractivity (Wildman–Crippen MR) is 78.6 cm³/mol. The molecule has 1 aliphatic rings. The topological polar surface area (TPSA) is 69.6 Å². The van der Waals surface area contributed by atoms with Crippen LogP contribution >= 0.6 is 0 Å². The lowest BCUT2D eigenvalue weighted by molar-refractivity contribution is -0.137. The molecule has 2 N–H and O–H groups in total. The second-order valence-corrected chi connectivity index (χ2v) is 6.15. The molecule has 0 bridgehead atoms. The number of carboxylic acid groups (broad SMARTS) is 1. The van der Waals surface area contributed by atoms with Crippen molar-refractivity contribution in [3.8, 4) is 0 Å². The van der Waals surface area contributed by atoms with Crippen LogP contribution in [0.15, 0.2) is 0 Å². The predicted octanol–water partition coefficient (Wildman–Crippen LogP) is 2.71. The van der Waals surface area contributed by atoms with Crippen molar-refractivity contribution in [2.24, 2.45) is 11.8 Å². The van der Waals surface area contributed by atoms with Crippen molar-refractivity contribution in [3.63, 3.8) is 0 Å². The third kappa shape index (κ3) is 6.78. The van der Waals surface area contributed by atoms with Crippen LogP contribution in [0.2, 0.25) is 0 Å². The molecule has 1 unspecified atom stereocenters. The van der Waals surface area contributed by atoms with Gasteiger partial charge in [0.2, 0.25) is 0 Å². The van der Waals surface area contributed by atoms with Gasteiger partial charge in [-0.3, -0.25) is 4.79 Å². The Morgan fingerprint density at radius 1 is 1.35 bits per heavy atom. The first-order valence-electron chi connectivity index (χ1n) is 7.73. The van der Waals surface area contributed by atoms with E-state index in [0.717, 1.165) is 38.3 Å². The number of unbranched alkanes of at least 4 members (excludes halogenated alkanes) is 1. The third-order valence-corrected chi connectivity index (χ3v) is 3.82. The Morgan fingerprint density at radius 2 is 2.10 bits per heavy atom. The Hall–Kier alpha value is -1.26. The van der Waals surface area contributed by atoms with E-state index in [2.05, 4.69) is 19.2 Å². The summed E-state index contributed by atoms with van der Waals surface area (Å²) in [6, 6.07) is 0.00683. The van der Waals surface area contributed by atoms with E-state index in [-0.39, 0.29) is 12.5 Å². The largest absolute Gasteiger partial charge is 0.481 e. The number of carbonyl (C=O) groups is 2. The number of carbonyl (C=O) groups excluding carboxylic acids is 1. The SMILES string of the molecule is CC(C)CCCCNC(=O)N1CCC(CCC(=O)O)C1. The van der Waals surface area contributed by atoms with Gasteiger partial charge in [0.1, 0.15) is 0 Å². The highest BCUT2D eigenvalue weighted by Gasteiger charge is 2.26. The van der Waals surface area contributed by atoms with Gasteiger partial charge in [-0.05, 0) is 31.1 Å². The van der Waals surface area contributed by atoms with Crippen molar-refractivity contribution in [2.75, 3.05) is 19.6 Å². The fourth-order valence-electron chi connectivity index (χ4n) is 2.57. The standard InChI is InChI=1S/C15H28N2O3/c1-12(2)5-3-4-9-16-15(20)17-10-8-13(11-17)6-7-14(18)19/h12-13H,3-11H2,1-2H3,(H,16,20)(H,18,19). The van der Waals surface area contributed by atoms with E-state index in [4.69, 9.17) is 5.11 Å². The Labute approximate surface area is 121 Å². The molecule has 0 aliphatic carbocycles. The molecule has 5 heteroatoms. The van der Waals surface area contributed by atoms with Crippen LogP contribution < -0.4 is 5.32 Å². The van der Waals surface area contributed by atoms with Gasteiger partial charge in [0.05, 0.1) is 0 Å². The number of hydrogen-bond acceptors (Lipinski definition) is 2. The summed E-state index contributed by atoms with van der Waals surface area (Å²) in [6.07, 6.45) is 5.19. The van der Waals surface area contributed by atoms with Gasteiger partial charge in [0.15, 0.2) is 0 Å². The monoisotopic (exact) mass is 284 g/mol. The summed E-state index contributed by atoms with van der Waals surface area (Å²) >= 11 is 0. The van der Waals surface area contributed by atoms with E-state index in [1.807, 2.05) is 4.90 Å². The molecule has 0 aromatic heterocycles. The summed E-state index contributed by atoms with van der Waals surface area (Å²) in [7, 11) is 0. The molecule has 20 heavy (non-hydrogen) atoms. The summed E-state index contributed by atoms with van der Waals surface area (Å²) in [6.45, 7) is 6.61. The third-order valence-electron chi connectivity index (χ3n) is 3.82.